The van der Waals surface area contributed by atoms with E-state index in [0.29, 0.717) is 34.3 Å². The molecule has 0 bridgehead atoms. The molecule has 0 atom stereocenters. The molecular weight excluding hydrogens is 400 g/mol. The second kappa shape index (κ2) is 7.95. The molecule has 1 N–H and O–H groups in total. The Bertz CT molecular complexity index is 1170. The first-order valence-electron chi connectivity index (χ1n) is 8.47. The molecule has 1 aromatic carbocycles. The first-order valence-corrected chi connectivity index (χ1v) is 9.73. The van der Waals surface area contributed by atoms with Crippen LogP contribution in [0.25, 0.3) is 4.96 Å². The molecule has 3 aromatic heterocycles. The molecule has 4 rings (SSSR count). The quantitative estimate of drug-likeness (QED) is 0.524. The molecule has 0 saturated heterocycles. The van der Waals surface area contributed by atoms with Crippen molar-refractivity contribution in [2.45, 2.75) is 19.4 Å². The van der Waals surface area contributed by atoms with E-state index in [1.165, 1.54) is 11.3 Å². The van der Waals surface area contributed by atoms with E-state index in [2.05, 4.69) is 15.4 Å². The van der Waals surface area contributed by atoms with Gasteiger partial charge in [0.25, 0.3) is 5.56 Å². The normalized spacial score (nSPS) is 11.0. The van der Waals surface area contributed by atoms with E-state index < -0.39 is 0 Å². The van der Waals surface area contributed by atoms with Crippen molar-refractivity contribution in [1.82, 2.24) is 19.9 Å². The number of carbonyl (C=O) groups is 1. The summed E-state index contributed by atoms with van der Waals surface area (Å²) < 4.78 is 6.55. The Morgan fingerprint density at radius 2 is 2.04 bits per heavy atom. The number of nitrogens with zero attached hydrogens (tertiary/aromatic N) is 3. The van der Waals surface area contributed by atoms with Gasteiger partial charge in [-0.2, -0.15) is 10.1 Å². The number of hydrogen-bond acceptors (Lipinski definition) is 6. The van der Waals surface area contributed by atoms with Crippen LogP contribution >= 0.6 is 22.9 Å². The minimum Gasteiger partial charge on any atom is -0.472 e. The summed E-state index contributed by atoms with van der Waals surface area (Å²) in [4.78, 5) is 29.1. The number of halogens is 1. The van der Waals surface area contributed by atoms with Crippen molar-refractivity contribution in [1.29, 1.82) is 0 Å². The molecule has 7 nitrogen and oxygen atoms in total. The van der Waals surface area contributed by atoms with E-state index in [1.807, 2.05) is 12.1 Å². The van der Waals surface area contributed by atoms with Crippen LogP contribution in [0.4, 0.5) is 0 Å². The van der Waals surface area contributed by atoms with E-state index in [1.54, 1.807) is 40.6 Å². The molecule has 0 radical (unpaired) electrons. The summed E-state index contributed by atoms with van der Waals surface area (Å²) in [5, 5.41) is 9.69. The SMILES string of the molecule is O=C(Cc1csc2nc(=O)c(Cc3ccc(Cl)cc3)nn12)NCc1ccoc1. The van der Waals surface area contributed by atoms with Crippen LogP contribution in [0.1, 0.15) is 22.5 Å². The highest BCUT2D eigenvalue weighted by atomic mass is 35.5. The number of hydrogen-bond donors (Lipinski definition) is 1. The summed E-state index contributed by atoms with van der Waals surface area (Å²) in [6, 6.07) is 9.01. The predicted molar refractivity (Wildman–Crippen MR) is 106 cm³/mol. The van der Waals surface area contributed by atoms with Gasteiger partial charge in [-0.1, -0.05) is 23.7 Å². The van der Waals surface area contributed by atoms with Crippen LogP contribution in [0, 0.1) is 0 Å². The van der Waals surface area contributed by atoms with E-state index in [-0.39, 0.29) is 17.9 Å². The highest BCUT2D eigenvalue weighted by Crippen LogP contribution is 2.15. The average molecular weight is 415 g/mol. The Morgan fingerprint density at radius 1 is 1.21 bits per heavy atom. The zero-order valence-corrected chi connectivity index (χ0v) is 16.2. The molecule has 0 aliphatic carbocycles. The fourth-order valence-corrected chi connectivity index (χ4v) is 3.63. The monoisotopic (exact) mass is 414 g/mol. The van der Waals surface area contributed by atoms with Crippen molar-refractivity contribution in [3.63, 3.8) is 0 Å². The molecule has 142 valence electrons. The largest absolute Gasteiger partial charge is 0.472 e. The molecule has 9 heteroatoms. The Hall–Kier alpha value is -2.97. The lowest BCUT2D eigenvalue weighted by Crippen LogP contribution is -2.25. The second-order valence-corrected chi connectivity index (χ2v) is 7.45. The van der Waals surface area contributed by atoms with Crippen LogP contribution in [0.15, 0.2) is 57.4 Å². The molecular formula is C19H15ClN4O3S. The van der Waals surface area contributed by atoms with Gasteiger partial charge in [0.1, 0.15) is 5.69 Å². The number of fused-ring (bicyclic) bond motifs is 1. The fraction of sp³-hybridized carbons (Fsp3) is 0.158. The number of carbonyl (C=O) groups excluding carboxylic acids is 1. The van der Waals surface area contributed by atoms with Gasteiger partial charge < -0.3 is 9.73 Å². The fourth-order valence-electron chi connectivity index (χ4n) is 2.68. The lowest BCUT2D eigenvalue weighted by atomic mass is 10.1. The lowest BCUT2D eigenvalue weighted by molar-refractivity contribution is -0.120. The number of amides is 1. The molecule has 0 aliphatic heterocycles. The van der Waals surface area contributed by atoms with Gasteiger partial charge in [0.15, 0.2) is 0 Å². The van der Waals surface area contributed by atoms with E-state index >= 15 is 0 Å². The van der Waals surface area contributed by atoms with Crippen LogP contribution in [0.2, 0.25) is 5.02 Å². The van der Waals surface area contributed by atoms with Crippen molar-refractivity contribution in [2.75, 3.05) is 0 Å². The molecule has 0 fully saturated rings. The second-order valence-electron chi connectivity index (χ2n) is 6.17. The van der Waals surface area contributed by atoms with Crippen molar-refractivity contribution in [3.8, 4) is 0 Å². The van der Waals surface area contributed by atoms with Gasteiger partial charge >= 0.3 is 0 Å². The molecule has 28 heavy (non-hydrogen) atoms. The summed E-state index contributed by atoms with van der Waals surface area (Å²) >= 11 is 7.18. The third kappa shape index (κ3) is 4.13. The Labute approximate surface area is 168 Å². The van der Waals surface area contributed by atoms with Crippen LogP contribution in [0.5, 0.6) is 0 Å². The predicted octanol–water partition coefficient (Wildman–Crippen LogP) is 2.85. The standard InChI is InChI=1S/C19H15ClN4O3S/c20-14-3-1-12(2-4-14)7-16-18(26)22-19-24(23-16)15(11-28-19)8-17(25)21-9-13-5-6-27-10-13/h1-6,10-11H,7-9H2,(H,21,25). The van der Waals surface area contributed by atoms with Crippen molar-refractivity contribution in [3.05, 3.63) is 86.1 Å². The van der Waals surface area contributed by atoms with E-state index in [0.717, 1.165) is 11.1 Å². The first-order chi connectivity index (χ1) is 13.6. The van der Waals surface area contributed by atoms with Gasteiger partial charge in [-0.3, -0.25) is 9.59 Å². The summed E-state index contributed by atoms with van der Waals surface area (Å²) in [5.74, 6) is -0.152. The first kappa shape index (κ1) is 18.4. The van der Waals surface area contributed by atoms with E-state index in [4.69, 9.17) is 16.0 Å². The topological polar surface area (TPSA) is 89.5 Å². The van der Waals surface area contributed by atoms with Crippen molar-refractivity contribution in [2.24, 2.45) is 0 Å². The summed E-state index contributed by atoms with van der Waals surface area (Å²) in [6.07, 6.45) is 3.62. The maximum absolute atomic E-state index is 12.3. The lowest BCUT2D eigenvalue weighted by Gasteiger charge is -2.05. The van der Waals surface area contributed by atoms with Gasteiger partial charge in [0.2, 0.25) is 10.9 Å². The van der Waals surface area contributed by atoms with Gasteiger partial charge in [0.05, 0.1) is 24.6 Å². The molecule has 0 spiro atoms. The smallest absolute Gasteiger partial charge is 0.296 e. The van der Waals surface area contributed by atoms with Crippen molar-refractivity contribution >= 4 is 33.8 Å². The molecule has 4 aromatic rings. The number of furan rings is 1. The number of aromatic nitrogens is 3. The summed E-state index contributed by atoms with van der Waals surface area (Å²) in [5.41, 5.74) is 2.42. The Kier molecular flexibility index (Phi) is 5.23. The maximum atomic E-state index is 12.3. The zero-order valence-electron chi connectivity index (χ0n) is 14.6. The average Bonchev–Trinajstić information content (AvgIpc) is 3.33. The van der Waals surface area contributed by atoms with Crippen LogP contribution in [-0.4, -0.2) is 20.5 Å². The Morgan fingerprint density at radius 3 is 2.79 bits per heavy atom. The molecule has 0 aliphatic rings. The molecule has 0 unspecified atom stereocenters. The number of nitrogens with one attached hydrogen (secondary N) is 1. The van der Waals surface area contributed by atoms with Gasteiger partial charge in [-0.15, -0.1) is 11.3 Å². The summed E-state index contributed by atoms with van der Waals surface area (Å²) in [6.45, 7) is 0.389. The number of rotatable bonds is 6. The third-order valence-electron chi connectivity index (χ3n) is 4.11. The number of benzene rings is 1. The maximum Gasteiger partial charge on any atom is 0.296 e. The van der Waals surface area contributed by atoms with Crippen LogP contribution < -0.4 is 10.9 Å². The van der Waals surface area contributed by atoms with E-state index in [9.17, 15) is 9.59 Å². The van der Waals surface area contributed by atoms with Gasteiger partial charge in [-0.25, -0.2) is 4.52 Å². The van der Waals surface area contributed by atoms with Crippen LogP contribution in [0.3, 0.4) is 0 Å². The minimum atomic E-state index is -0.368. The number of thiazole rings is 1. The minimum absolute atomic E-state index is 0.135. The molecule has 0 saturated carbocycles. The molecule has 1 amide bonds. The molecule has 3 heterocycles. The summed E-state index contributed by atoms with van der Waals surface area (Å²) in [7, 11) is 0. The highest BCUT2D eigenvalue weighted by Gasteiger charge is 2.14. The third-order valence-corrected chi connectivity index (χ3v) is 5.23. The zero-order chi connectivity index (χ0) is 19.5. The van der Waals surface area contributed by atoms with Crippen molar-refractivity contribution < 1.29 is 9.21 Å². The Balaban J connectivity index is 1.53. The van der Waals surface area contributed by atoms with Crippen LogP contribution in [-0.2, 0) is 24.2 Å². The van der Waals surface area contributed by atoms with Gasteiger partial charge in [0, 0.05) is 28.9 Å². The highest BCUT2D eigenvalue weighted by molar-refractivity contribution is 7.15. The van der Waals surface area contributed by atoms with Gasteiger partial charge in [-0.05, 0) is 23.8 Å².